The molecular formula is C18H27NO3. The number of aliphatic hydroxyl groups is 1. The molecule has 0 amide bonds. The van der Waals surface area contributed by atoms with E-state index in [1.165, 1.54) is 5.56 Å². The van der Waals surface area contributed by atoms with Gasteiger partial charge in [-0.15, -0.1) is 0 Å². The largest absolute Gasteiger partial charge is 0.493 e. The van der Waals surface area contributed by atoms with Crippen molar-refractivity contribution in [2.75, 3.05) is 39.5 Å². The number of piperidine rings is 1. The zero-order valence-electron chi connectivity index (χ0n) is 13.2. The van der Waals surface area contributed by atoms with Crippen molar-refractivity contribution in [1.82, 2.24) is 4.90 Å². The average Bonchev–Trinajstić information content (AvgIpc) is 3.07. The van der Waals surface area contributed by atoms with E-state index >= 15 is 0 Å². The molecule has 0 bridgehead atoms. The number of hydrogen-bond donors (Lipinski definition) is 1. The monoisotopic (exact) mass is 305 g/mol. The summed E-state index contributed by atoms with van der Waals surface area (Å²) in [5.74, 6) is 1.51. The van der Waals surface area contributed by atoms with Crippen molar-refractivity contribution in [1.29, 1.82) is 0 Å². The van der Waals surface area contributed by atoms with Gasteiger partial charge in [-0.05, 0) is 43.4 Å². The molecule has 0 spiro atoms. The second-order valence-electron chi connectivity index (χ2n) is 6.51. The van der Waals surface area contributed by atoms with Gasteiger partial charge in [-0.1, -0.05) is 12.1 Å². The van der Waals surface area contributed by atoms with Crippen LogP contribution in [-0.4, -0.2) is 55.6 Å². The number of aliphatic hydroxyl groups excluding tert-OH is 1. The summed E-state index contributed by atoms with van der Waals surface area (Å²) in [5.41, 5.74) is 1.35. The Bertz CT molecular complexity index is 434. The summed E-state index contributed by atoms with van der Waals surface area (Å²) in [5, 5.41) is 9.52. The van der Waals surface area contributed by atoms with Crippen LogP contribution in [0.25, 0.3) is 0 Å². The molecule has 0 aliphatic carbocycles. The van der Waals surface area contributed by atoms with Crippen LogP contribution in [0.4, 0.5) is 0 Å². The minimum absolute atomic E-state index is 0.0852. The molecule has 2 fully saturated rings. The SMILES string of the molecule is OC1CCN(CCc2ccc(OCC3CCOC3)cc2)CC1. The van der Waals surface area contributed by atoms with E-state index in [9.17, 15) is 5.11 Å². The molecule has 22 heavy (non-hydrogen) atoms. The van der Waals surface area contributed by atoms with Gasteiger partial charge < -0.3 is 19.5 Å². The van der Waals surface area contributed by atoms with E-state index in [2.05, 4.69) is 29.2 Å². The minimum atomic E-state index is -0.0852. The molecule has 2 heterocycles. The van der Waals surface area contributed by atoms with Gasteiger partial charge in [0, 0.05) is 32.2 Å². The van der Waals surface area contributed by atoms with Gasteiger partial charge in [0.2, 0.25) is 0 Å². The number of benzene rings is 1. The lowest BCUT2D eigenvalue weighted by Crippen LogP contribution is -2.37. The number of ether oxygens (including phenoxy) is 2. The zero-order valence-corrected chi connectivity index (χ0v) is 13.2. The van der Waals surface area contributed by atoms with E-state index < -0.39 is 0 Å². The van der Waals surface area contributed by atoms with Gasteiger partial charge in [0.1, 0.15) is 5.75 Å². The molecular weight excluding hydrogens is 278 g/mol. The quantitative estimate of drug-likeness (QED) is 0.874. The highest BCUT2D eigenvalue weighted by molar-refractivity contribution is 5.27. The van der Waals surface area contributed by atoms with Crippen LogP contribution in [0.2, 0.25) is 0 Å². The van der Waals surface area contributed by atoms with E-state index in [4.69, 9.17) is 9.47 Å². The molecule has 0 saturated carbocycles. The van der Waals surface area contributed by atoms with Crippen LogP contribution < -0.4 is 4.74 Å². The molecule has 3 rings (SSSR count). The molecule has 2 aliphatic rings. The molecule has 1 aromatic rings. The highest BCUT2D eigenvalue weighted by Crippen LogP contribution is 2.18. The summed E-state index contributed by atoms with van der Waals surface area (Å²) in [4.78, 5) is 2.44. The van der Waals surface area contributed by atoms with Crippen molar-refractivity contribution in [3.05, 3.63) is 29.8 Å². The van der Waals surface area contributed by atoms with E-state index in [1.54, 1.807) is 0 Å². The van der Waals surface area contributed by atoms with Crippen molar-refractivity contribution in [3.8, 4) is 5.75 Å². The van der Waals surface area contributed by atoms with Crippen LogP contribution in [0, 0.1) is 5.92 Å². The van der Waals surface area contributed by atoms with Gasteiger partial charge in [0.15, 0.2) is 0 Å². The summed E-state index contributed by atoms with van der Waals surface area (Å²) in [6, 6.07) is 8.48. The van der Waals surface area contributed by atoms with Crippen LogP contribution in [0.1, 0.15) is 24.8 Å². The lowest BCUT2D eigenvalue weighted by atomic mass is 10.1. The molecule has 4 heteroatoms. The first-order chi connectivity index (χ1) is 10.8. The van der Waals surface area contributed by atoms with Crippen LogP contribution in [0.5, 0.6) is 5.75 Å². The Hall–Kier alpha value is -1.10. The highest BCUT2D eigenvalue weighted by Gasteiger charge is 2.17. The van der Waals surface area contributed by atoms with E-state index in [0.29, 0.717) is 5.92 Å². The van der Waals surface area contributed by atoms with Crippen molar-refractivity contribution >= 4 is 0 Å². The minimum Gasteiger partial charge on any atom is -0.493 e. The first-order valence-corrected chi connectivity index (χ1v) is 8.49. The van der Waals surface area contributed by atoms with Crippen LogP contribution in [0.3, 0.4) is 0 Å². The molecule has 4 nitrogen and oxygen atoms in total. The maximum absolute atomic E-state index is 9.52. The summed E-state index contributed by atoms with van der Waals surface area (Å²) < 4.78 is 11.2. The maximum Gasteiger partial charge on any atom is 0.119 e. The predicted molar refractivity (Wildman–Crippen MR) is 86.2 cm³/mol. The number of rotatable bonds is 6. The molecule has 1 N–H and O–H groups in total. The van der Waals surface area contributed by atoms with Crippen molar-refractivity contribution in [2.24, 2.45) is 5.92 Å². The molecule has 0 radical (unpaired) electrons. The first kappa shape index (κ1) is 15.8. The lowest BCUT2D eigenvalue weighted by molar-refractivity contribution is 0.0832. The summed E-state index contributed by atoms with van der Waals surface area (Å²) in [7, 11) is 0. The summed E-state index contributed by atoms with van der Waals surface area (Å²) in [6.07, 6.45) is 3.92. The molecule has 0 aromatic heterocycles. The smallest absolute Gasteiger partial charge is 0.119 e. The van der Waals surface area contributed by atoms with Crippen LogP contribution in [-0.2, 0) is 11.2 Å². The standard InChI is InChI=1S/C18H27NO3/c20-17-6-10-19(11-7-17)9-5-15-1-3-18(4-2-15)22-14-16-8-12-21-13-16/h1-4,16-17,20H,5-14H2. The van der Waals surface area contributed by atoms with Gasteiger partial charge >= 0.3 is 0 Å². The van der Waals surface area contributed by atoms with Crippen LogP contribution in [0.15, 0.2) is 24.3 Å². The fraction of sp³-hybridized carbons (Fsp3) is 0.667. The van der Waals surface area contributed by atoms with Gasteiger partial charge in [-0.3, -0.25) is 0 Å². The third-order valence-corrected chi connectivity index (χ3v) is 4.71. The van der Waals surface area contributed by atoms with E-state index in [-0.39, 0.29) is 6.10 Å². The Labute approximate surface area is 133 Å². The van der Waals surface area contributed by atoms with E-state index in [1.807, 2.05) is 0 Å². The lowest BCUT2D eigenvalue weighted by Gasteiger charge is -2.29. The average molecular weight is 305 g/mol. The maximum atomic E-state index is 9.52. The van der Waals surface area contributed by atoms with Crippen molar-refractivity contribution in [2.45, 2.75) is 31.8 Å². The fourth-order valence-corrected chi connectivity index (χ4v) is 3.11. The predicted octanol–water partition coefficient (Wildman–Crippen LogP) is 2.10. The molecule has 1 aromatic carbocycles. The normalized spacial score (nSPS) is 23.8. The topological polar surface area (TPSA) is 41.9 Å². The number of nitrogens with zero attached hydrogens (tertiary/aromatic N) is 1. The summed E-state index contributed by atoms with van der Waals surface area (Å²) >= 11 is 0. The third-order valence-electron chi connectivity index (χ3n) is 4.71. The van der Waals surface area contributed by atoms with E-state index in [0.717, 1.165) is 70.9 Å². The number of likely N-dealkylation sites (tertiary alicyclic amines) is 1. The van der Waals surface area contributed by atoms with Crippen molar-refractivity contribution < 1.29 is 14.6 Å². The van der Waals surface area contributed by atoms with Crippen LogP contribution >= 0.6 is 0 Å². The van der Waals surface area contributed by atoms with Gasteiger partial charge in [0.25, 0.3) is 0 Å². The zero-order chi connectivity index (χ0) is 15.2. The molecule has 1 unspecified atom stereocenters. The molecule has 2 saturated heterocycles. The second-order valence-corrected chi connectivity index (χ2v) is 6.51. The molecule has 1 atom stereocenters. The molecule has 2 aliphatic heterocycles. The third kappa shape index (κ3) is 4.70. The fourth-order valence-electron chi connectivity index (χ4n) is 3.11. The Kier molecular flexibility index (Phi) is 5.70. The highest BCUT2D eigenvalue weighted by atomic mass is 16.5. The number of hydrogen-bond acceptors (Lipinski definition) is 4. The Morgan fingerprint density at radius 3 is 2.59 bits per heavy atom. The Balaban J connectivity index is 1.39. The van der Waals surface area contributed by atoms with Gasteiger partial charge in [-0.2, -0.15) is 0 Å². The second kappa shape index (κ2) is 7.95. The van der Waals surface area contributed by atoms with Crippen molar-refractivity contribution in [3.63, 3.8) is 0 Å². The first-order valence-electron chi connectivity index (χ1n) is 8.49. The summed E-state index contributed by atoms with van der Waals surface area (Å²) in [6.45, 7) is 5.59. The molecule has 122 valence electrons. The van der Waals surface area contributed by atoms with Gasteiger partial charge in [0.05, 0.1) is 19.3 Å². The Morgan fingerprint density at radius 1 is 1.14 bits per heavy atom. The Morgan fingerprint density at radius 2 is 1.91 bits per heavy atom. The van der Waals surface area contributed by atoms with Gasteiger partial charge in [-0.25, -0.2) is 0 Å².